The van der Waals surface area contributed by atoms with Crippen LogP contribution >= 0.6 is 12.6 Å². The van der Waals surface area contributed by atoms with Crippen LogP contribution in [0, 0.1) is 0 Å². The standard InChI is InChI=1S/C11H12N2O3S/c14-10(3-4-17)12-6-7-1-2-8-9(5-7)16-11(15)13-8/h1-2,5,17H,3-4,6H2,(H,12,14)(H,13,15). The molecular weight excluding hydrogens is 240 g/mol. The minimum absolute atomic E-state index is 0.0457. The Morgan fingerprint density at radius 1 is 1.47 bits per heavy atom. The normalized spacial score (nSPS) is 10.6. The van der Waals surface area contributed by atoms with Gasteiger partial charge in [0.2, 0.25) is 5.91 Å². The van der Waals surface area contributed by atoms with Crippen molar-refractivity contribution in [2.45, 2.75) is 13.0 Å². The van der Waals surface area contributed by atoms with Crippen molar-refractivity contribution in [2.24, 2.45) is 0 Å². The number of thiol groups is 1. The Morgan fingerprint density at radius 3 is 3.06 bits per heavy atom. The van der Waals surface area contributed by atoms with Crippen LogP contribution in [0.15, 0.2) is 27.4 Å². The summed E-state index contributed by atoms with van der Waals surface area (Å²) in [6.45, 7) is 0.414. The summed E-state index contributed by atoms with van der Waals surface area (Å²) in [5.74, 6) is 0.00394. The molecule has 0 fully saturated rings. The Bertz CT molecular complexity index is 588. The molecule has 0 aliphatic carbocycles. The van der Waals surface area contributed by atoms with E-state index < -0.39 is 5.76 Å². The van der Waals surface area contributed by atoms with Gasteiger partial charge in [0.15, 0.2) is 5.58 Å². The first kappa shape index (κ1) is 11.8. The fourth-order valence-electron chi connectivity index (χ4n) is 1.49. The molecule has 0 saturated heterocycles. The highest BCUT2D eigenvalue weighted by atomic mass is 32.1. The number of carbonyl (C=O) groups excluding carboxylic acids is 1. The Kier molecular flexibility index (Phi) is 3.53. The number of benzene rings is 1. The minimum Gasteiger partial charge on any atom is -0.408 e. The maximum atomic E-state index is 11.2. The average molecular weight is 252 g/mol. The molecule has 2 rings (SSSR count). The molecule has 0 atom stereocenters. The van der Waals surface area contributed by atoms with Crippen LogP contribution in [0.25, 0.3) is 11.1 Å². The van der Waals surface area contributed by atoms with Gasteiger partial charge in [-0.2, -0.15) is 12.6 Å². The molecule has 0 saturated carbocycles. The van der Waals surface area contributed by atoms with Crippen LogP contribution < -0.4 is 11.1 Å². The lowest BCUT2D eigenvalue weighted by molar-refractivity contribution is -0.120. The lowest BCUT2D eigenvalue weighted by Gasteiger charge is -2.03. The van der Waals surface area contributed by atoms with Crippen LogP contribution in [-0.2, 0) is 11.3 Å². The van der Waals surface area contributed by atoms with E-state index in [1.807, 2.05) is 6.07 Å². The number of H-pyrrole nitrogens is 1. The molecule has 90 valence electrons. The van der Waals surface area contributed by atoms with Crippen LogP contribution in [0.4, 0.5) is 0 Å². The number of hydrogen-bond donors (Lipinski definition) is 3. The molecule has 17 heavy (non-hydrogen) atoms. The first-order chi connectivity index (χ1) is 8.19. The summed E-state index contributed by atoms with van der Waals surface area (Å²) in [6.07, 6.45) is 0.393. The first-order valence-corrected chi connectivity index (χ1v) is 5.81. The maximum absolute atomic E-state index is 11.2. The van der Waals surface area contributed by atoms with E-state index in [4.69, 9.17) is 4.42 Å². The number of hydrogen-bond acceptors (Lipinski definition) is 4. The molecule has 1 aromatic carbocycles. The van der Waals surface area contributed by atoms with Gasteiger partial charge in [-0.15, -0.1) is 0 Å². The third kappa shape index (κ3) is 2.91. The molecule has 2 aromatic rings. The van der Waals surface area contributed by atoms with Crippen LogP contribution in [-0.4, -0.2) is 16.6 Å². The Balaban J connectivity index is 2.08. The third-order valence-corrected chi connectivity index (χ3v) is 2.54. The molecule has 1 amide bonds. The van der Waals surface area contributed by atoms with E-state index in [1.165, 1.54) is 0 Å². The van der Waals surface area contributed by atoms with Gasteiger partial charge in [-0.25, -0.2) is 4.79 Å². The number of aromatic nitrogens is 1. The molecule has 0 unspecified atom stereocenters. The molecule has 0 radical (unpaired) electrons. The van der Waals surface area contributed by atoms with Crippen molar-refractivity contribution in [3.8, 4) is 0 Å². The number of nitrogens with one attached hydrogen (secondary N) is 2. The van der Waals surface area contributed by atoms with Gasteiger partial charge in [0.1, 0.15) is 0 Å². The summed E-state index contributed by atoms with van der Waals surface area (Å²) in [7, 11) is 0. The number of amides is 1. The van der Waals surface area contributed by atoms with Crippen LogP contribution in [0.5, 0.6) is 0 Å². The minimum atomic E-state index is -0.476. The van der Waals surface area contributed by atoms with Gasteiger partial charge in [0.05, 0.1) is 5.52 Å². The highest BCUT2D eigenvalue weighted by Crippen LogP contribution is 2.12. The molecule has 0 bridgehead atoms. The lowest BCUT2D eigenvalue weighted by atomic mass is 10.2. The van der Waals surface area contributed by atoms with Gasteiger partial charge < -0.3 is 9.73 Å². The molecule has 5 nitrogen and oxygen atoms in total. The molecule has 6 heteroatoms. The fourth-order valence-corrected chi connectivity index (χ4v) is 1.69. The van der Waals surface area contributed by atoms with E-state index in [0.717, 1.165) is 5.56 Å². The summed E-state index contributed by atoms with van der Waals surface area (Å²) < 4.78 is 4.93. The Hall–Kier alpha value is -1.69. The van der Waals surface area contributed by atoms with E-state index >= 15 is 0 Å². The van der Waals surface area contributed by atoms with Crippen LogP contribution in [0.3, 0.4) is 0 Å². The summed E-state index contributed by atoms with van der Waals surface area (Å²) >= 11 is 3.98. The van der Waals surface area contributed by atoms with E-state index in [1.54, 1.807) is 12.1 Å². The Morgan fingerprint density at radius 2 is 2.29 bits per heavy atom. The van der Waals surface area contributed by atoms with Crippen molar-refractivity contribution in [1.82, 2.24) is 10.3 Å². The number of fused-ring (bicyclic) bond motifs is 1. The van der Waals surface area contributed by atoms with E-state index in [2.05, 4.69) is 22.9 Å². The predicted molar refractivity (Wildman–Crippen MR) is 67.2 cm³/mol. The van der Waals surface area contributed by atoms with E-state index in [0.29, 0.717) is 29.8 Å². The van der Waals surface area contributed by atoms with E-state index in [9.17, 15) is 9.59 Å². The van der Waals surface area contributed by atoms with Crippen LogP contribution in [0.1, 0.15) is 12.0 Å². The monoisotopic (exact) mass is 252 g/mol. The molecule has 1 heterocycles. The zero-order valence-corrected chi connectivity index (χ0v) is 9.92. The smallest absolute Gasteiger partial charge is 0.408 e. The van der Waals surface area contributed by atoms with Crippen LogP contribution in [0.2, 0.25) is 0 Å². The van der Waals surface area contributed by atoms with Gasteiger partial charge in [0, 0.05) is 13.0 Å². The maximum Gasteiger partial charge on any atom is 0.417 e. The first-order valence-electron chi connectivity index (χ1n) is 5.18. The molecule has 0 aliphatic heterocycles. The molecule has 0 spiro atoms. The molecule has 2 N–H and O–H groups in total. The Labute approximate surface area is 103 Å². The van der Waals surface area contributed by atoms with Gasteiger partial charge in [-0.05, 0) is 23.4 Å². The van der Waals surface area contributed by atoms with Crippen molar-refractivity contribution in [3.05, 3.63) is 34.3 Å². The highest BCUT2D eigenvalue weighted by Gasteiger charge is 2.03. The lowest BCUT2D eigenvalue weighted by Crippen LogP contribution is -2.22. The quantitative estimate of drug-likeness (QED) is 0.712. The number of aromatic amines is 1. The van der Waals surface area contributed by atoms with Gasteiger partial charge >= 0.3 is 5.76 Å². The highest BCUT2D eigenvalue weighted by molar-refractivity contribution is 7.80. The van der Waals surface area contributed by atoms with E-state index in [-0.39, 0.29) is 5.91 Å². The second-order valence-electron chi connectivity index (χ2n) is 3.60. The topological polar surface area (TPSA) is 75.1 Å². The summed E-state index contributed by atoms with van der Waals surface area (Å²) in [6, 6.07) is 5.31. The average Bonchev–Trinajstić information content (AvgIpc) is 2.66. The summed E-state index contributed by atoms with van der Waals surface area (Å²) in [5, 5.41) is 2.75. The molecular formula is C11H12N2O3S. The number of rotatable bonds is 4. The van der Waals surface area contributed by atoms with Crippen molar-refractivity contribution >= 4 is 29.6 Å². The van der Waals surface area contributed by atoms with Gasteiger partial charge in [-0.3, -0.25) is 9.78 Å². The summed E-state index contributed by atoms with van der Waals surface area (Å²) in [4.78, 5) is 24.7. The second-order valence-corrected chi connectivity index (χ2v) is 4.04. The SMILES string of the molecule is O=C(CCS)NCc1ccc2[nH]c(=O)oc2c1. The number of carbonyl (C=O) groups is 1. The van der Waals surface area contributed by atoms with Gasteiger partial charge in [-0.1, -0.05) is 6.07 Å². The fraction of sp³-hybridized carbons (Fsp3) is 0.273. The molecule has 0 aliphatic rings. The van der Waals surface area contributed by atoms with Crippen molar-refractivity contribution in [2.75, 3.05) is 5.75 Å². The third-order valence-electron chi connectivity index (χ3n) is 2.31. The largest absolute Gasteiger partial charge is 0.417 e. The zero-order chi connectivity index (χ0) is 12.3. The van der Waals surface area contributed by atoms with Crippen molar-refractivity contribution in [3.63, 3.8) is 0 Å². The second kappa shape index (κ2) is 5.09. The predicted octanol–water partition coefficient (Wildman–Crippen LogP) is 1.06. The van der Waals surface area contributed by atoms with Crippen molar-refractivity contribution in [1.29, 1.82) is 0 Å². The summed E-state index contributed by atoms with van der Waals surface area (Å²) in [5.41, 5.74) is 2.03. The number of oxazole rings is 1. The zero-order valence-electron chi connectivity index (χ0n) is 9.03. The van der Waals surface area contributed by atoms with Crippen molar-refractivity contribution < 1.29 is 9.21 Å². The molecule has 1 aromatic heterocycles. The van der Waals surface area contributed by atoms with Gasteiger partial charge in [0.25, 0.3) is 0 Å².